The predicted octanol–water partition coefficient (Wildman–Crippen LogP) is 5.92. The van der Waals surface area contributed by atoms with E-state index in [1.165, 1.54) is 0 Å². The van der Waals surface area contributed by atoms with Gasteiger partial charge in [0.15, 0.2) is 0 Å². The fourth-order valence-corrected chi connectivity index (χ4v) is 4.06. The van der Waals surface area contributed by atoms with E-state index in [2.05, 4.69) is 6.07 Å². The number of hydrogen-bond acceptors (Lipinski definition) is 5. The Morgan fingerprint density at radius 1 is 1.22 bits per heavy atom. The summed E-state index contributed by atoms with van der Waals surface area (Å²) < 4.78 is 18.1. The van der Waals surface area contributed by atoms with Crippen molar-refractivity contribution in [2.24, 2.45) is 0 Å². The Bertz CT molecular complexity index is 1170. The third-order valence-corrected chi connectivity index (χ3v) is 5.47. The molecule has 1 saturated heterocycles. The molecule has 0 spiro atoms. The van der Waals surface area contributed by atoms with Crippen LogP contribution in [0.1, 0.15) is 45.4 Å². The molecule has 6 nitrogen and oxygen atoms in total. The smallest absolute Gasteiger partial charge is 0.410 e. The minimum Gasteiger partial charge on any atom is -0.486 e. The minimum absolute atomic E-state index is 0.233. The van der Waals surface area contributed by atoms with Crippen LogP contribution in [-0.4, -0.2) is 35.8 Å². The molecule has 166 valence electrons. The number of aryl methyl sites for hydroxylation is 1. The van der Waals surface area contributed by atoms with Crippen molar-refractivity contribution in [3.8, 4) is 22.9 Å². The van der Waals surface area contributed by atoms with E-state index in [4.69, 9.17) is 13.9 Å². The molecule has 1 fully saturated rings. The largest absolute Gasteiger partial charge is 0.486 e. The Balaban J connectivity index is 1.71. The Morgan fingerprint density at radius 3 is 2.62 bits per heavy atom. The number of hydrogen-bond donors (Lipinski definition) is 0. The fraction of sp³-hybridized carbons (Fsp3) is 0.385. The molecule has 1 aliphatic rings. The van der Waals surface area contributed by atoms with Crippen LogP contribution in [0.3, 0.4) is 0 Å². The second-order valence-corrected chi connectivity index (χ2v) is 9.00. The van der Waals surface area contributed by atoms with E-state index in [0.717, 1.165) is 28.7 Å². The van der Waals surface area contributed by atoms with E-state index in [1.807, 2.05) is 64.1 Å². The number of carbonyl (C=O) groups is 1. The molecule has 4 rings (SSSR count). The number of rotatable bonds is 4. The van der Waals surface area contributed by atoms with Gasteiger partial charge in [-0.2, -0.15) is 5.26 Å². The van der Waals surface area contributed by atoms with Crippen LogP contribution in [0.25, 0.3) is 22.1 Å². The summed E-state index contributed by atoms with van der Waals surface area (Å²) in [4.78, 5) is 14.1. The number of carbonyl (C=O) groups excluding carboxylic acids is 1. The summed E-state index contributed by atoms with van der Waals surface area (Å²) in [7, 11) is 0. The van der Waals surface area contributed by atoms with Crippen LogP contribution in [0.5, 0.6) is 5.75 Å². The average Bonchev–Trinajstić information content (AvgIpc) is 3.38. The summed E-state index contributed by atoms with van der Waals surface area (Å²) in [6, 6.07) is 15.8. The van der Waals surface area contributed by atoms with E-state index in [0.29, 0.717) is 36.4 Å². The van der Waals surface area contributed by atoms with Gasteiger partial charge in [0.1, 0.15) is 34.9 Å². The summed E-state index contributed by atoms with van der Waals surface area (Å²) in [6.07, 6.45) is 0.808. The highest BCUT2D eigenvalue weighted by atomic mass is 16.6. The minimum atomic E-state index is -0.548. The number of furan rings is 1. The van der Waals surface area contributed by atoms with E-state index < -0.39 is 5.60 Å². The van der Waals surface area contributed by atoms with Crippen molar-refractivity contribution in [1.82, 2.24) is 4.90 Å². The highest BCUT2D eigenvalue weighted by Gasteiger charge is 2.32. The van der Waals surface area contributed by atoms with Gasteiger partial charge in [-0.15, -0.1) is 0 Å². The number of benzene rings is 2. The lowest BCUT2D eigenvalue weighted by molar-refractivity contribution is 0.0276. The standard InChI is InChI=1S/C26H28N2O4/c1-5-20-22(17-9-7-6-8-10-17)23-21(31-20)12-11-18(15-27)24(23)30-19-13-14-28(16-19)25(29)32-26(2,3)4/h6-12,19H,5,13-14,16H2,1-4H3/t19-/m0/s1. The molecule has 6 heteroatoms. The zero-order chi connectivity index (χ0) is 22.9. The second kappa shape index (κ2) is 8.58. The van der Waals surface area contributed by atoms with Crippen molar-refractivity contribution in [2.45, 2.75) is 52.2 Å². The van der Waals surface area contributed by atoms with Gasteiger partial charge in [-0.05, 0) is 38.5 Å². The fourth-order valence-electron chi connectivity index (χ4n) is 4.06. The van der Waals surface area contributed by atoms with Gasteiger partial charge < -0.3 is 18.8 Å². The maximum atomic E-state index is 12.5. The van der Waals surface area contributed by atoms with Crippen molar-refractivity contribution in [1.29, 1.82) is 5.26 Å². The first kappa shape index (κ1) is 21.8. The molecule has 0 bridgehead atoms. The van der Waals surface area contributed by atoms with Gasteiger partial charge in [-0.1, -0.05) is 37.3 Å². The molecule has 1 aromatic heterocycles. The summed E-state index contributed by atoms with van der Waals surface area (Å²) in [5, 5.41) is 10.6. The molecule has 2 heterocycles. The lowest BCUT2D eigenvalue weighted by Crippen LogP contribution is -2.36. The molecule has 0 radical (unpaired) electrons. The summed E-state index contributed by atoms with van der Waals surface area (Å²) in [5.41, 5.74) is 2.57. The summed E-state index contributed by atoms with van der Waals surface area (Å²) in [5.74, 6) is 1.37. The molecule has 0 saturated carbocycles. The van der Waals surface area contributed by atoms with Crippen LogP contribution in [0, 0.1) is 11.3 Å². The van der Waals surface area contributed by atoms with Gasteiger partial charge in [-0.3, -0.25) is 0 Å². The second-order valence-electron chi connectivity index (χ2n) is 9.00. The highest BCUT2D eigenvalue weighted by molar-refractivity contribution is 6.01. The normalized spacial score (nSPS) is 16.2. The molecule has 0 aliphatic carbocycles. The predicted molar refractivity (Wildman–Crippen MR) is 123 cm³/mol. The van der Waals surface area contributed by atoms with Gasteiger partial charge >= 0.3 is 6.09 Å². The summed E-state index contributed by atoms with van der Waals surface area (Å²) >= 11 is 0. The third kappa shape index (κ3) is 4.29. The van der Waals surface area contributed by atoms with Crippen LogP contribution < -0.4 is 4.74 Å². The molecule has 1 aliphatic heterocycles. The van der Waals surface area contributed by atoms with Crippen LogP contribution in [0.15, 0.2) is 46.9 Å². The number of ether oxygens (including phenoxy) is 2. The molecule has 0 unspecified atom stereocenters. The average molecular weight is 433 g/mol. The summed E-state index contributed by atoms with van der Waals surface area (Å²) in [6.45, 7) is 8.56. The molecule has 2 aromatic carbocycles. The number of likely N-dealkylation sites (tertiary alicyclic amines) is 1. The van der Waals surface area contributed by atoms with Crippen molar-refractivity contribution < 1.29 is 18.7 Å². The molecular weight excluding hydrogens is 404 g/mol. The molecular formula is C26H28N2O4. The maximum Gasteiger partial charge on any atom is 0.410 e. The molecule has 0 N–H and O–H groups in total. The Labute approximate surface area is 188 Å². The van der Waals surface area contributed by atoms with E-state index in [-0.39, 0.29) is 12.2 Å². The van der Waals surface area contributed by atoms with Crippen LogP contribution in [0.4, 0.5) is 4.79 Å². The molecule has 3 aromatic rings. The first-order chi connectivity index (χ1) is 15.3. The Morgan fingerprint density at radius 2 is 1.97 bits per heavy atom. The van der Waals surface area contributed by atoms with Crippen LogP contribution >= 0.6 is 0 Å². The number of nitriles is 1. The molecule has 1 atom stereocenters. The zero-order valence-corrected chi connectivity index (χ0v) is 19.0. The monoisotopic (exact) mass is 432 g/mol. The van der Waals surface area contributed by atoms with Crippen LogP contribution in [-0.2, 0) is 11.2 Å². The van der Waals surface area contributed by atoms with Crippen molar-refractivity contribution in [3.05, 3.63) is 53.8 Å². The zero-order valence-electron chi connectivity index (χ0n) is 19.0. The van der Waals surface area contributed by atoms with Gasteiger partial charge in [-0.25, -0.2) is 4.79 Å². The SMILES string of the molecule is CCc1oc2ccc(C#N)c(O[C@H]3CCN(C(=O)OC(C)(C)C)C3)c2c1-c1ccccc1. The Kier molecular flexibility index (Phi) is 5.84. The first-order valence-electron chi connectivity index (χ1n) is 11.0. The van der Waals surface area contributed by atoms with Gasteiger partial charge in [0.05, 0.1) is 17.5 Å². The molecule has 1 amide bonds. The van der Waals surface area contributed by atoms with Crippen LogP contribution in [0.2, 0.25) is 0 Å². The van der Waals surface area contributed by atoms with Crippen molar-refractivity contribution >= 4 is 17.1 Å². The first-order valence-corrected chi connectivity index (χ1v) is 11.0. The van der Waals surface area contributed by atoms with Crippen molar-refractivity contribution in [3.63, 3.8) is 0 Å². The Hall–Kier alpha value is -3.46. The van der Waals surface area contributed by atoms with Gasteiger partial charge in [0, 0.05) is 24.9 Å². The van der Waals surface area contributed by atoms with E-state index >= 15 is 0 Å². The third-order valence-electron chi connectivity index (χ3n) is 5.47. The lowest BCUT2D eigenvalue weighted by atomic mass is 9.99. The van der Waals surface area contributed by atoms with Gasteiger partial charge in [0.2, 0.25) is 0 Å². The molecule has 32 heavy (non-hydrogen) atoms. The quantitative estimate of drug-likeness (QED) is 0.511. The number of fused-ring (bicyclic) bond motifs is 1. The van der Waals surface area contributed by atoms with Gasteiger partial charge in [0.25, 0.3) is 0 Å². The number of amides is 1. The van der Waals surface area contributed by atoms with Crippen molar-refractivity contribution in [2.75, 3.05) is 13.1 Å². The highest BCUT2D eigenvalue weighted by Crippen LogP contribution is 2.42. The van der Waals surface area contributed by atoms with E-state index in [9.17, 15) is 10.1 Å². The lowest BCUT2D eigenvalue weighted by Gasteiger charge is -2.24. The van der Waals surface area contributed by atoms with E-state index in [1.54, 1.807) is 11.0 Å². The number of nitrogens with zero attached hydrogens (tertiary/aromatic N) is 2. The maximum absolute atomic E-state index is 12.5. The topological polar surface area (TPSA) is 75.7 Å².